The molecule has 1 aromatic rings. The third-order valence-electron chi connectivity index (χ3n) is 4.32. The average molecular weight is 339 g/mol. The molecule has 0 aliphatic carbocycles. The van der Waals surface area contributed by atoms with Gasteiger partial charge >= 0.3 is 0 Å². The van der Waals surface area contributed by atoms with E-state index < -0.39 is 0 Å². The van der Waals surface area contributed by atoms with Crippen LogP contribution in [0.5, 0.6) is 0 Å². The van der Waals surface area contributed by atoms with Crippen LogP contribution >= 0.6 is 15.9 Å². The number of nitrogens with one attached hydrogen (secondary N) is 1. The Kier molecular flexibility index (Phi) is 5.50. The monoisotopic (exact) mass is 338 g/mol. The van der Waals surface area contributed by atoms with Gasteiger partial charge < -0.3 is 10.2 Å². The molecule has 2 nitrogen and oxygen atoms in total. The number of nitrogens with zero attached hydrogens (tertiary/aromatic N) is 1. The van der Waals surface area contributed by atoms with Crippen molar-refractivity contribution in [3.63, 3.8) is 0 Å². The molecule has 0 saturated carbocycles. The Balaban J connectivity index is 2.28. The molecule has 0 bridgehead atoms. The number of piperazine rings is 1. The third-order valence-corrected chi connectivity index (χ3v) is 4.81. The number of anilines is 1. The Morgan fingerprint density at radius 1 is 1.40 bits per heavy atom. The molecular formula is C17H27BrN2. The van der Waals surface area contributed by atoms with Gasteiger partial charge in [0, 0.05) is 35.3 Å². The molecule has 20 heavy (non-hydrogen) atoms. The quantitative estimate of drug-likeness (QED) is 0.877. The first-order valence-electron chi connectivity index (χ1n) is 7.79. The predicted octanol–water partition coefficient (Wildman–Crippen LogP) is 4.36. The summed E-state index contributed by atoms with van der Waals surface area (Å²) in [6.07, 6.45) is 2.50. The Morgan fingerprint density at radius 2 is 2.15 bits per heavy atom. The molecule has 1 aliphatic heterocycles. The van der Waals surface area contributed by atoms with E-state index in [1.54, 1.807) is 0 Å². The van der Waals surface area contributed by atoms with E-state index in [0.717, 1.165) is 13.1 Å². The standard InChI is InChI=1S/C17H27BrN2/c1-5-6-15-11-20(17(10-19-15)12(2)3)16-9-14(18)8-7-13(16)4/h7-9,12,15,17,19H,5-6,10-11H2,1-4H3. The Labute approximate surface area is 132 Å². The van der Waals surface area contributed by atoms with Crippen LogP contribution in [-0.2, 0) is 0 Å². The second-order valence-corrected chi connectivity index (χ2v) is 7.20. The normalized spacial score (nSPS) is 23.4. The largest absolute Gasteiger partial charge is 0.365 e. The van der Waals surface area contributed by atoms with E-state index in [0.29, 0.717) is 18.0 Å². The lowest BCUT2D eigenvalue weighted by Crippen LogP contribution is -2.58. The maximum atomic E-state index is 3.73. The first kappa shape index (κ1) is 15.8. The first-order valence-corrected chi connectivity index (χ1v) is 8.58. The molecule has 1 aromatic carbocycles. The van der Waals surface area contributed by atoms with Gasteiger partial charge in [-0.05, 0) is 37.0 Å². The van der Waals surface area contributed by atoms with Crippen molar-refractivity contribution in [2.45, 2.75) is 52.6 Å². The van der Waals surface area contributed by atoms with Crippen LogP contribution in [0, 0.1) is 12.8 Å². The topological polar surface area (TPSA) is 15.3 Å². The van der Waals surface area contributed by atoms with Crippen LogP contribution in [0.25, 0.3) is 0 Å². The summed E-state index contributed by atoms with van der Waals surface area (Å²) in [5, 5.41) is 3.73. The molecule has 3 heteroatoms. The van der Waals surface area contributed by atoms with E-state index in [4.69, 9.17) is 0 Å². The van der Waals surface area contributed by atoms with Crippen LogP contribution in [0.15, 0.2) is 22.7 Å². The number of hydrogen-bond acceptors (Lipinski definition) is 2. The number of halogens is 1. The molecule has 2 atom stereocenters. The molecule has 1 aliphatic rings. The van der Waals surface area contributed by atoms with Crippen molar-refractivity contribution >= 4 is 21.6 Å². The molecule has 0 aromatic heterocycles. The van der Waals surface area contributed by atoms with E-state index in [-0.39, 0.29) is 0 Å². The number of hydrogen-bond donors (Lipinski definition) is 1. The average Bonchev–Trinajstić information content (AvgIpc) is 2.41. The van der Waals surface area contributed by atoms with Gasteiger partial charge in [-0.1, -0.05) is 49.2 Å². The highest BCUT2D eigenvalue weighted by molar-refractivity contribution is 9.10. The van der Waals surface area contributed by atoms with Crippen molar-refractivity contribution in [1.29, 1.82) is 0 Å². The van der Waals surface area contributed by atoms with Gasteiger partial charge in [-0.15, -0.1) is 0 Å². The zero-order valence-corrected chi connectivity index (χ0v) is 14.7. The number of rotatable bonds is 4. The van der Waals surface area contributed by atoms with Crippen LogP contribution < -0.4 is 10.2 Å². The number of benzene rings is 1. The van der Waals surface area contributed by atoms with Crippen LogP contribution in [0.1, 0.15) is 39.2 Å². The zero-order chi connectivity index (χ0) is 14.7. The molecule has 1 fully saturated rings. The summed E-state index contributed by atoms with van der Waals surface area (Å²) >= 11 is 3.62. The van der Waals surface area contributed by atoms with Gasteiger partial charge in [0.05, 0.1) is 0 Å². The lowest BCUT2D eigenvalue weighted by atomic mass is 9.95. The second-order valence-electron chi connectivity index (χ2n) is 6.29. The minimum absolute atomic E-state index is 0.580. The highest BCUT2D eigenvalue weighted by atomic mass is 79.9. The lowest BCUT2D eigenvalue weighted by Gasteiger charge is -2.44. The van der Waals surface area contributed by atoms with Crippen LogP contribution in [0.4, 0.5) is 5.69 Å². The molecule has 2 rings (SSSR count). The smallest absolute Gasteiger partial charge is 0.0438 e. The highest BCUT2D eigenvalue weighted by Gasteiger charge is 2.30. The summed E-state index contributed by atoms with van der Waals surface area (Å²) in [6, 6.07) is 7.83. The Hall–Kier alpha value is -0.540. The lowest BCUT2D eigenvalue weighted by molar-refractivity contribution is 0.327. The minimum Gasteiger partial charge on any atom is -0.365 e. The molecule has 112 valence electrons. The van der Waals surface area contributed by atoms with Crippen molar-refractivity contribution in [1.82, 2.24) is 5.32 Å². The highest BCUT2D eigenvalue weighted by Crippen LogP contribution is 2.30. The van der Waals surface area contributed by atoms with Gasteiger partial charge in [-0.25, -0.2) is 0 Å². The molecule has 0 radical (unpaired) electrons. The van der Waals surface area contributed by atoms with Crippen LogP contribution in [-0.4, -0.2) is 25.2 Å². The SMILES string of the molecule is CCCC1CN(c2cc(Br)ccc2C)C(C(C)C)CN1. The van der Waals surface area contributed by atoms with Crippen molar-refractivity contribution < 1.29 is 0 Å². The maximum absolute atomic E-state index is 3.73. The third kappa shape index (κ3) is 3.56. The maximum Gasteiger partial charge on any atom is 0.0438 e. The summed E-state index contributed by atoms with van der Waals surface area (Å²) in [5.41, 5.74) is 2.76. The van der Waals surface area contributed by atoms with Crippen LogP contribution in [0.2, 0.25) is 0 Å². The fraction of sp³-hybridized carbons (Fsp3) is 0.647. The van der Waals surface area contributed by atoms with E-state index >= 15 is 0 Å². The molecule has 0 spiro atoms. The fourth-order valence-corrected chi connectivity index (χ4v) is 3.49. The van der Waals surface area contributed by atoms with Gasteiger partial charge in [-0.2, -0.15) is 0 Å². The first-order chi connectivity index (χ1) is 9.52. The van der Waals surface area contributed by atoms with Crippen molar-refractivity contribution in [2.24, 2.45) is 5.92 Å². The molecule has 1 heterocycles. The van der Waals surface area contributed by atoms with E-state index in [1.165, 1.54) is 28.6 Å². The summed E-state index contributed by atoms with van der Waals surface area (Å²) in [4.78, 5) is 2.63. The minimum atomic E-state index is 0.580. The summed E-state index contributed by atoms with van der Waals surface area (Å²) in [7, 11) is 0. The molecule has 1 saturated heterocycles. The van der Waals surface area contributed by atoms with Gasteiger partial charge in [0.1, 0.15) is 0 Å². The molecule has 0 amide bonds. The van der Waals surface area contributed by atoms with Crippen molar-refractivity contribution in [2.75, 3.05) is 18.0 Å². The van der Waals surface area contributed by atoms with Crippen molar-refractivity contribution in [3.05, 3.63) is 28.2 Å². The van der Waals surface area contributed by atoms with Crippen molar-refractivity contribution in [3.8, 4) is 0 Å². The predicted molar refractivity (Wildman–Crippen MR) is 91.5 cm³/mol. The Bertz CT molecular complexity index is 445. The van der Waals surface area contributed by atoms with Gasteiger partial charge in [0.25, 0.3) is 0 Å². The van der Waals surface area contributed by atoms with Gasteiger partial charge in [0.2, 0.25) is 0 Å². The van der Waals surface area contributed by atoms with Gasteiger partial charge in [-0.3, -0.25) is 0 Å². The van der Waals surface area contributed by atoms with Gasteiger partial charge in [0.15, 0.2) is 0 Å². The summed E-state index contributed by atoms with van der Waals surface area (Å²) in [5.74, 6) is 0.656. The molecular weight excluding hydrogens is 312 g/mol. The second kappa shape index (κ2) is 6.95. The van der Waals surface area contributed by atoms with E-state index in [1.807, 2.05) is 0 Å². The van der Waals surface area contributed by atoms with E-state index in [2.05, 4.69) is 72.0 Å². The van der Waals surface area contributed by atoms with Crippen LogP contribution in [0.3, 0.4) is 0 Å². The molecule has 1 N–H and O–H groups in total. The molecule has 2 unspecified atom stereocenters. The summed E-state index contributed by atoms with van der Waals surface area (Å²) < 4.78 is 1.17. The summed E-state index contributed by atoms with van der Waals surface area (Å²) in [6.45, 7) is 11.4. The van der Waals surface area contributed by atoms with E-state index in [9.17, 15) is 0 Å². The zero-order valence-electron chi connectivity index (χ0n) is 13.1. The number of aryl methyl sites for hydroxylation is 1. The fourth-order valence-electron chi connectivity index (χ4n) is 3.14. The Morgan fingerprint density at radius 3 is 2.80 bits per heavy atom.